The Balaban J connectivity index is 1.18. The summed E-state index contributed by atoms with van der Waals surface area (Å²) in [5, 5.41) is 5.97. The summed E-state index contributed by atoms with van der Waals surface area (Å²) in [7, 11) is 3.48. The molecule has 2 aliphatic heterocycles. The van der Waals surface area contributed by atoms with Crippen LogP contribution in [-0.2, 0) is 4.74 Å². The van der Waals surface area contributed by atoms with Gasteiger partial charge in [-0.1, -0.05) is 48.5 Å². The van der Waals surface area contributed by atoms with Crippen LogP contribution in [0.2, 0.25) is 0 Å². The van der Waals surface area contributed by atoms with E-state index in [1.54, 1.807) is 12.4 Å². The van der Waals surface area contributed by atoms with Gasteiger partial charge in [0.1, 0.15) is 11.6 Å². The molecule has 11 nitrogen and oxygen atoms in total. The molecule has 4 heterocycles. The van der Waals surface area contributed by atoms with E-state index in [4.69, 9.17) is 9.72 Å². The standard InChI is InChI=1S/C36H42N8O3/c1-25-9-5-7-11-27(25)29-21-33(42-15-13-41(3)14-16-42)37-23-31(29)39-35(45)44-19-17-43(18-20-44)34-22-30(28-12-8-6-10-26(28)2)32(24-38-34)40-36(46)47-4/h5-12,21-24H,13-20H2,1-4H3,(H,39,45)(H,40,46). The van der Waals surface area contributed by atoms with Crippen LogP contribution < -0.4 is 20.4 Å². The average Bonchev–Trinajstić information content (AvgIpc) is 3.09. The van der Waals surface area contributed by atoms with Crippen molar-refractivity contribution >= 4 is 35.1 Å². The van der Waals surface area contributed by atoms with Crippen LogP contribution >= 0.6 is 0 Å². The van der Waals surface area contributed by atoms with E-state index < -0.39 is 6.09 Å². The molecule has 2 fully saturated rings. The molecule has 2 aromatic heterocycles. The second kappa shape index (κ2) is 14.1. The number of ether oxygens (including phenoxy) is 1. The molecule has 2 N–H and O–H groups in total. The minimum absolute atomic E-state index is 0.153. The van der Waals surface area contributed by atoms with Crippen LogP contribution in [0.4, 0.5) is 32.6 Å². The van der Waals surface area contributed by atoms with Gasteiger partial charge in [-0.05, 0) is 55.3 Å². The Labute approximate surface area is 276 Å². The fourth-order valence-corrected chi connectivity index (χ4v) is 6.16. The van der Waals surface area contributed by atoms with Gasteiger partial charge >= 0.3 is 12.1 Å². The van der Waals surface area contributed by atoms with Crippen LogP contribution in [-0.4, -0.2) is 98.4 Å². The number of hydrogen-bond donors (Lipinski definition) is 2. The first-order valence-corrected chi connectivity index (χ1v) is 16.0. The number of carbonyl (C=O) groups excluding carboxylic acids is 2. The molecule has 0 spiro atoms. The molecule has 0 unspecified atom stereocenters. The monoisotopic (exact) mass is 634 g/mol. The molecule has 2 aliphatic rings. The second-order valence-corrected chi connectivity index (χ2v) is 12.1. The number of nitrogens with one attached hydrogen (secondary N) is 2. The molecule has 2 aromatic carbocycles. The summed E-state index contributed by atoms with van der Waals surface area (Å²) in [4.78, 5) is 43.8. The lowest BCUT2D eigenvalue weighted by Gasteiger charge is -2.36. The summed E-state index contributed by atoms with van der Waals surface area (Å²) in [5.74, 6) is 1.71. The van der Waals surface area contributed by atoms with Crippen molar-refractivity contribution < 1.29 is 14.3 Å². The van der Waals surface area contributed by atoms with Gasteiger partial charge in [0.25, 0.3) is 0 Å². The van der Waals surface area contributed by atoms with Gasteiger partial charge < -0.3 is 29.7 Å². The van der Waals surface area contributed by atoms with Crippen LogP contribution in [0.5, 0.6) is 0 Å². The van der Waals surface area contributed by atoms with Crippen molar-refractivity contribution in [2.75, 3.05) is 86.9 Å². The molecule has 244 valence electrons. The number of carbonyl (C=O) groups is 2. The third kappa shape index (κ3) is 7.15. The number of aromatic nitrogens is 2. The third-order valence-corrected chi connectivity index (χ3v) is 9.03. The molecule has 0 radical (unpaired) electrons. The maximum absolute atomic E-state index is 13.6. The summed E-state index contributed by atoms with van der Waals surface area (Å²) >= 11 is 0. The number of anilines is 4. The fourth-order valence-electron chi connectivity index (χ4n) is 6.16. The number of urea groups is 1. The molecule has 6 rings (SSSR count). The van der Waals surface area contributed by atoms with Crippen molar-refractivity contribution in [2.24, 2.45) is 0 Å². The average molecular weight is 635 g/mol. The van der Waals surface area contributed by atoms with Crippen LogP contribution in [0, 0.1) is 13.8 Å². The normalized spacial score (nSPS) is 15.4. The minimum Gasteiger partial charge on any atom is -0.453 e. The first-order valence-electron chi connectivity index (χ1n) is 16.0. The summed E-state index contributed by atoms with van der Waals surface area (Å²) < 4.78 is 4.83. The van der Waals surface area contributed by atoms with Gasteiger partial charge in [-0.15, -0.1) is 0 Å². The molecule has 11 heteroatoms. The predicted octanol–water partition coefficient (Wildman–Crippen LogP) is 5.71. The zero-order valence-electron chi connectivity index (χ0n) is 27.5. The van der Waals surface area contributed by atoms with Crippen LogP contribution in [0.15, 0.2) is 73.1 Å². The van der Waals surface area contributed by atoms with Crippen molar-refractivity contribution in [3.05, 3.63) is 84.2 Å². The first kappa shape index (κ1) is 31.8. The molecule has 0 saturated carbocycles. The van der Waals surface area contributed by atoms with E-state index in [0.29, 0.717) is 37.6 Å². The Morgan fingerprint density at radius 1 is 0.660 bits per heavy atom. The summed E-state index contributed by atoms with van der Waals surface area (Å²) in [6.45, 7) is 10.2. The lowest BCUT2D eigenvalue weighted by molar-refractivity contribution is 0.187. The number of benzene rings is 2. The van der Waals surface area contributed by atoms with Crippen LogP contribution in [0.1, 0.15) is 11.1 Å². The number of rotatable bonds is 6. The lowest BCUT2D eigenvalue weighted by Crippen LogP contribution is -2.50. The quantitative estimate of drug-likeness (QED) is 0.278. The van der Waals surface area contributed by atoms with Gasteiger partial charge in [0.15, 0.2) is 0 Å². The van der Waals surface area contributed by atoms with Gasteiger partial charge in [0, 0.05) is 63.5 Å². The van der Waals surface area contributed by atoms with Crippen molar-refractivity contribution in [1.29, 1.82) is 0 Å². The van der Waals surface area contributed by atoms with E-state index in [1.165, 1.54) is 7.11 Å². The van der Waals surface area contributed by atoms with Crippen LogP contribution in [0.3, 0.4) is 0 Å². The van der Waals surface area contributed by atoms with E-state index in [1.807, 2.05) is 54.3 Å². The predicted molar refractivity (Wildman–Crippen MR) is 187 cm³/mol. The summed E-state index contributed by atoms with van der Waals surface area (Å²) in [5.41, 5.74) is 7.38. The summed E-state index contributed by atoms with van der Waals surface area (Å²) in [6.07, 6.45) is 2.91. The Kier molecular flexibility index (Phi) is 9.53. The van der Waals surface area contributed by atoms with Crippen molar-refractivity contribution in [3.8, 4) is 22.3 Å². The minimum atomic E-state index is -0.552. The summed E-state index contributed by atoms with van der Waals surface area (Å²) in [6, 6.07) is 20.2. The molecule has 4 aromatic rings. The molecule has 47 heavy (non-hydrogen) atoms. The van der Waals surface area contributed by atoms with E-state index in [0.717, 1.165) is 71.2 Å². The molecule has 3 amide bonds. The van der Waals surface area contributed by atoms with E-state index in [2.05, 4.69) is 62.5 Å². The number of piperazine rings is 2. The molecule has 2 saturated heterocycles. The zero-order chi connectivity index (χ0) is 32.9. The first-order chi connectivity index (χ1) is 22.8. The van der Waals surface area contributed by atoms with Gasteiger partial charge in [-0.2, -0.15) is 0 Å². The highest BCUT2D eigenvalue weighted by Gasteiger charge is 2.25. The Morgan fingerprint density at radius 2 is 1.13 bits per heavy atom. The van der Waals surface area contributed by atoms with Crippen LogP contribution in [0.25, 0.3) is 22.3 Å². The lowest BCUT2D eigenvalue weighted by atomic mass is 10.00. The highest BCUT2D eigenvalue weighted by atomic mass is 16.5. The largest absolute Gasteiger partial charge is 0.453 e. The SMILES string of the molecule is COC(=O)Nc1cnc(N2CCN(C(=O)Nc3cnc(N4CCN(C)CC4)cc3-c3ccccc3C)CC2)cc1-c1ccccc1C. The van der Waals surface area contributed by atoms with E-state index >= 15 is 0 Å². The number of pyridine rings is 2. The molecule has 0 bridgehead atoms. The number of likely N-dealkylation sites (N-methyl/N-ethyl adjacent to an activating group) is 1. The van der Waals surface area contributed by atoms with Gasteiger partial charge in [-0.3, -0.25) is 5.32 Å². The second-order valence-electron chi connectivity index (χ2n) is 12.1. The van der Waals surface area contributed by atoms with Gasteiger partial charge in [-0.25, -0.2) is 19.6 Å². The maximum atomic E-state index is 13.6. The topological polar surface area (TPSA) is 106 Å². The molecular weight excluding hydrogens is 592 g/mol. The smallest absolute Gasteiger partial charge is 0.411 e. The number of amides is 3. The molecule has 0 atom stereocenters. The van der Waals surface area contributed by atoms with Crippen molar-refractivity contribution in [3.63, 3.8) is 0 Å². The zero-order valence-corrected chi connectivity index (χ0v) is 27.5. The molecular formula is C36H42N8O3. The van der Waals surface area contributed by atoms with Gasteiger partial charge in [0.2, 0.25) is 0 Å². The Hall–Kier alpha value is -5.16. The number of nitrogens with zero attached hydrogens (tertiary/aromatic N) is 6. The number of aryl methyl sites for hydroxylation is 2. The maximum Gasteiger partial charge on any atom is 0.411 e. The third-order valence-electron chi connectivity index (χ3n) is 9.03. The van der Waals surface area contributed by atoms with Gasteiger partial charge in [0.05, 0.1) is 30.9 Å². The van der Waals surface area contributed by atoms with E-state index in [9.17, 15) is 9.59 Å². The van der Waals surface area contributed by atoms with Crippen molar-refractivity contribution in [1.82, 2.24) is 19.8 Å². The molecule has 0 aliphatic carbocycles. The van der Waals surface area contributed by atoms with Crippen molar-refractivity contribution in [2.45, 2.75) is 13.8 Å². The Morgan fingerprint density at radius 3 is 1.62 bits per heavy atom. The Bertz CT molecular complexity index is 1750. The highest BCUT2D eigenvalue weighted by Crippen LogP contribution is 2.35. The number of methoxy groups -OCH3 is 1. The number of hydrogen-bond acceptors (Lipinski definition) is 8. The highest BCUT2D eigenvalue weighted by molar-refractivity contribution is 5.95. The fraction of sp³-hybridized carbons (Fsp3) is 0.333. The van der Waals surface area contributed by atoms with E-state index in [-0.39, 0.29) is 6.03 Å².